The van der Waals surface area contributed by atoms with Gasteiger partial charge < -0.3 is 9.47 Å². The summed E-state index contributed by atoms with van der Waals surface area (Å²) in [5.74, 6) is 2.76. The minimum atomic E-state index is -0.1000. The molecular weight excluding hydrogens is 356 g/mol. The van der Waals surface area contributed by atoms with Crippen LogP contribution in [0.2, 0.25) is 0 Å². The average Bonchev–Trinajstić information content (AvgIpc) is 3.13. The second-order valence-electron chi connectivity index (χ2n) is 7.76. The summed E-state index contributed by atoms with van der Waals surface area (Å²) in [5, 5.41) is 0.809. The van der Waals surface area contributed by atoms with Gasteiger partial charge in [-0.05, 0) is 50.7 Å². The van der Waals surface area contributed by atoms with E-state index in [0.717, 1.165) is 43.4 Å². The molecule has 2 aromatic rings. The predicted octanol–water partition coefficient (Wildman–Crippen LogP) is 3.97. The lowest BCUT2D eigenvalue weighted by Gasteiger charge is -2.34. The highest BCUT2D eigenvalue weighted by Crippen LogP contribution is 2.32. The van der Waals surface area contributed by atoms with E-state index in [1.807, 2.05) is 36.2 Å². The quantitative estimate of drug-likeness (QED) is 0.707. The summed E-state index contributed by atoms with van der Waals surface area (Å²) in [6.07, 6.45) is 12.0. The number of hydrogen-bond donors (Lipinski definition) is 0. The van der Waals surface area contributed by atoms with Gasteiger partial charge in [-0.15, -0.1) is 0 Å². The molecule has 1 saturated carbocycles. The molecule has 6 heteroatoms. The first-order valence-corrected chi connectivity index (χ1v) is 11.0. The molecule has 0 aromatic carbocycles. The second kappa shape index (κ2) is 8.46. The van der Waals surface area contributed by atoms with Crippen LogP contribution in [0.25, 0.3) is 0 Å². The predicted molar refractivity (Wildman–Crippen MR) is 108 cm³/mol. The van der Waals surface area contributed by atoms with Gasteiger partial charge >= 0.3 is 0 Å². The maximum absolute atomic E-state index is 12.8. The van der Waals surface area contributed by atoms with Crippen molar-refractivity contribution in [3.63, 3.8) is 0 Å². The van der Waals surface area contributed by atoms with Crippen LogP contribution in [0.15, 0.2) is 41.8 Å². The molecule has 144 valence electrons. The maximum Gasteiger partial charge on any atom is 0.235 e. The maximum atomic E-state index is 12.8. The van der Waals surface area contributed by atoms with Crippen molar-refractivity contribution >= 4 is 17.7 Å². The average molecular weight is 385 g/mol. The Bertz CT molecular complexity index is 751. The van der Waals surface area contributed by atoms with Crippen molar-refractivity contribution < 1.29 is 4.79 Å². The fraction of sp³-hybridized carbons (Fsp3) is 0.571. The van der Waals surface area contributed by atoms with Crippen LogP contribution >= 0.6 is 11.8 Å². The largest absolute Gasteiger partial charge is 0.342 e. The Kier molecular flexibility index (Phi) is 5.81. The zero-order chi connectivity index (χ0) is 18.6. The van der Waals surface area contributed by atoms with Crippen molar-refractivity contribution in [1.29, 1.82) is 0 Å². The molecule has 1 amide bonds. The Labute approximate surface area is 165 Å². The van der Waals surface area contributed by atoms with E-state index in [2.05, 4.69) is 20.7 Å². The van der Waals surface area contributed by atoms with Crippen LogP contribution in [0.3, 0.4) is 0 Å². The molecule has 4 rings (SSSR count). The molecule has 0 bridgehead atoms. The van der Waals surface area contributed by atoms with E-state index < -0.39 is 0 Å². The van der Waals surface area contributed by atoms with Crippen LogP contribution in [0.5, 0.6) is 0 Å². The topological polar surface area (TPSA) is 51.0 Å². The fourth-order valence-electron chi connectivity index (χ4n) is 4.05. The summed E-state index contributed by atoms with van der Waals surface area (Å²) in [6, 6.07) is 5.82. The molecule has 2 aliphatic rings. The first-order valence-electron chi connectivity index (χ1n) is 10.1. The van der Waals surface area contributed by atoms with E-state index in [4.69, 9.17) is 0 Å². The third-order valence-electron chi connectivity index (χ3n) is 5.88. The Morgan fingerprint density at radius 1 is 1.19 bits per heavy atom. The first-order chi connectivity index (χ1) is 13.2. The Morgan fingerprint density at radius 3 is 2.67 bits per heavy atom. The zero-order valence-electron chi connectivity index (χ0n) is 16.0. The molecule has 0 radical (unpaired) electrons. The standard InChI is InChI=1S/C21H28N4OS/c1-16(27-19-7-2-3-10-22-19)21(26)24-12-8-18(9-13-24)20-23-11-14-25(20)15-17-5-4-6-17/h2-3,7,10-11,14,16-18H,4-6,8-9,12-13,15H2,1H3/t16-/m0/s1. The molecule has 1 saturated heterocycles. The van der Waals surface area contributed by atoms with Gasteiger partial charge in [0.25, 0.3) is 0 Å². The summed E-state index contributed by atoms with van der Waals surface area (Å²) in [4.78, 5) is 23.8. The van der Waals surface area contributed by atoms with Crippen molar-refractivity contribution in [2.45, 2.75) is 61.8 Å². The van der Waals surface area contributed by atoms with Gasteiger partial charge in [-0.2, -0.15) is 0 Å². The summed E-state index contributed by atoms with van der Waals surface area (Å²) in [5.41, 5.74) is 0. The van der Waals surface area contributed by atoms with E-state index >= 15 is 0 Å². The van der Waals surface area contributed by atoms with Crippen LogP contribution in [-0.2, 0) is 11.3 Å². The molecule has 1 aliphatic carbocycles. The number of likely N-dealkylation sites (tertiary alicyclic amines) is 1. The molecule has 0 N–H and O–H groups in total. The first kappa shape index (κ1) is 18.5. The van der Waals surface area contributed by atoms with Gasteiger partial charge in [0.15, 0.2) is 0 Å². The van der Waals surface area contributed by atoms with E-state index in [9.17, 15) is 4.79 Å². The number of thioether (sulfide) groups is 1. The Balaban J connectivity index is 1.31. The van der Waals surface area contributed by atoms with E-state index in [0.29, 0.717) is 5.92 Å². The third-order valence-corrected chi connectivity index (χ3v) is 6.92. The van der Waals surface area contributed by atoms with E-state index in [1.165, 1.54) is 25.1 Å². The van der Waals surface area contributed by atoms with Gasteiger partial charge in [-0.1, -0.05) is 24.2 Å². The normalized spacial score (nSPS) is 19.7. The van der Waals surface area contributed by atoms with Crippen LogP contribution in [0.1, 0.15) is 50.8 Å². The van der Waals surface area contributed by atoms with E-state index in [1.54, 1.807) is 18.0 Å². The van der Waals surface area contributed by atoms with Gasteiger partial charge in [-0.3, -0.25) is 4.79 Å². The van der Waals surface area contributed by atoms with Crippen molar-refractivity contribution in [3.05, 3.63) is 42.6 Å². The third kappa shape index (κ3) is 4.37. The zero-order valence-corrected chi connectivity index (χ0v) is 16.8. The minimum Gasteiger partial charge on any atom is -0.342 e. The highest BCUT2D eigenvalue weighted by atomic mass is 32.2. The lowest BCUT2D eigenvalue weighted by atomic mass is 9.85. The molecule has 27 heavy (non-hydrogen) atoms. The number of piperidine rings is 1. The van der Waals surface area contributed by atoms with Crippen LogP contribution in [0, 0.1) is 5.92 Å². The molecular formula is C21H28N4OS. The number of nitrogens with zero attached hydrogens (tertiary/aromatic N) is 4. The highest BCUT2D eigenvalue weighted by molar-refractivity contribution is 8.00. The lowest BCUT2D eigenvalue weighted by molar-refractivity contribution is -0.131. The Hall–Kier alpha value is -1.82. The van der Waals surface area contributed by atoms with Gasteiger partial charge in [-0.25, -0.2) is 9.97 Å². The SMILES string of the molecule is C[C@H](Sc1ccccn1)C(=O)N1CCC(c2nccn2CC2CCC2)CC1. The summed E-state index contributed by atoms with van der Waals surface area (Å²) in [7, 11) is 0. The molecule has 1 atom stereocenters. The number of amides is 1. The molecule has 2 aromatic heterocycles. The van der Waals surface area contributed by atoms with E-state index in [-0.39, 0.29) is 11.2 Å². The van der Waals surface area contributed by atoms with Gasteiger partial charge in [0.2, 0.25) is 5.91 Å². The van der Waals surface area contributed by atoms with Crippen LogP contribution < -0.4 is 0 Å². The number of carbonyl (C=O) groups is 1. The summed E-state index contributed by atoms with van der Waals surface area (Å²) >= 11 is 1.54. The van der Waals surface area contributed by atoms with Crippen LogP contribution in [0.4, 0.5) is 0 Å². The van der Waals surface area contributed by atoms with Crippen molar-refractivity contribution in [2.75, 3.05) is 13.1 Å². The molecule has 0 unspecified atom stereocenters. The molecule has 0 spiro atoms. The van der Waals surface area contributed by atoms with Gasteiger partial charge in [0.05, 0.1) is 10.3 Å². The smallest absolute Gasteiger partial charge is 0.235 e. The number of rotatable bonds is 6. The fourth-order valence-corrected chi connectivity index (χ4v) is 4.94. The lowest BCUT2D eigenvalue weighted by Crippen LogP contribution is -2.42. The Morgan fingerprint density at radius 2 is 2.00 bits per heavy atom. The van der Waals surface area contributed by atoms with Crippen molar-refractivity contribution in [1.82, 2.24) is 19.4 Å². The molecule has 2 fully saturated rings. The molecule has 5 nitrogen and oxygen atoms in total. The van der Waals surface area contributed by atoms with Crippen molar-refractivity contribution in [2.24, 2.45) is 5.92 Å². The van der Waals surface area contributed by atoms with Gasteiger partial charge in [0.1, 0.15) is 5.82 Å². The van der Waals surface area contributed by atoms with Crippen LogP contribution in [-0.4, -0.2) is 43.7 Å². The molecule has 1 aliphatic heterocycles. The minimum absolute atomic E-state index is 0.1000. The van der Waals surface area contributed by atoms with Gasteiger partial charge in [0, 0.05) is 44.1 Å². The number of carbonyl (C=O) groups excluding carboxylic acids is 1. The number of pyridine rings is 1. The van der Waals surface area contributed by atoms with Crippen molar-refractivity contribution in [3.8, 4) is 0 Å². The monoisotopic (exact) mass is 384 g/mol. The number of hydrogen-bond acceptors (Lipinski definition) is 4. The molecule has 3 heterocycles. The second-order valence-corrected chi connectivity index (χ2v) is 9.12. The summed E-state index contributed by atoms with van der Waals surface area (Å²) in [6.45, 7) is 4.76. The number of aromatic nitrogens is 3. The number of imidazole rings is 1. The summed E-state index contributed by atoms with van der Waals surface area (Å²) < 4.78 is 2.37. The highest BCUT2D eigenvalue weighted by Gasteiger charge is 2.29.